The van der Waals surface area contributed by atoms with Gasteiger partial charge in [0.15, 0.2) is 0 Å². The summed E-state index contributed by atoms with van der Waals surface area (Å²) in [4.78, 5) is 34.8. The zero-order valence-corrected chi connectivity index (χ0v) is 28.3. The molecule has 0 amide bonds. The summed E-state index contributed by atoms with van der Waals surface area (Å²) in [6.45, 7) is 2.47. The van der Waals surface area contributed by atoms with Crippen molar-refractivity contribution in [3.05, 3.63) is 145 Å². The number of carbonyl (C=O) groups is 2. The third-order valence-electron chi connectivity index (χ3n) is 7.52. The molecular weight excluding hydrogens is 687 g/mol. The Morgan fingerprint density at radius 2 is 1.38 bits per heavy atom. The van der Waals surface area contributed by atoms with Crippen LogP contribution in [-0.2, 0) is 4.74 Å². The minimum atomic E-state index is -4.88. The molecule has 0 saturated carbocycles. The summed E-state index contributed by atoms with van der Waals surface area (Å²) in [6.07, 6.45) is -0.851. The molecule has 0 spiro atoms. The van der Waals surface area contributed by atoms with Crippen LogP contribution in [0, 0.1) is 5.82 Å². The van der Waals surface area contributed by atoms with Gasteiger partial charge in [-0.1, -0.05) is 42.5 Å². The number of rotatable bonds is 11. The van der Waals surface area contributed by atoms with E-state index in [0.29, 0.717) is 12.3 Å². The summed E-state index contributed by atoms with van der Waals surface area (Å²) >= 11 is 0. The molecule has 2 aromatic heterocycles. The number of alkyl halides is 3. The van der Waals surface area contributed by atoms with Crippen molar-refractivity contribution in [2.24, 2.45) is 0 Å². The van der Waals surface area contributed by atoms with E-state index in [1.54, 1.807) is 0 Å². The van der Waals surface area contributed by atoms with Crippen molar-refractivity contribution in [3.63, 3.8) is 0 Å². The van der Waals surface area contributed by atoms with E-state index in [4.69, 9.17) is 9.47 Å². The standard InChI is InChI=1S/C39H28F4N4O5.Li.H/c1-2-50-29-8-3-6-25(20-29)24-11-14-28(15-12-24)46-36-32(10-5-18-45-36)38(49)51-37(48)31-17-19-44-23-35(31)47-34-16-13-27(22-33(34)40)26-7-4-9-30(21-26)52-39(41,42)43;;/h3-23,47H,2H2,1H3,(H,45,46);;/q;+1;-1. The number of hydrogen-bond acceptors (Lipinski definition) is 9. The van der Waals surface area contributed by atoms with Gasteiger partial charge in [-0.25, -0.2) is 19.0 Å². The number of carbonyl (C=O) groups excluding carboxylic acids is 2. The molecule has 0 unspecified atom stereocenters. The SMILES string of the molecule is CCOc1cccc(-c2ccc(Nc3ncccc3C(=O)OC(=O)c3ccncc3Nc3ccc(-c4cccc(OC(F)(F)F)c4)cc3F)cc2)c1.[H-].[Li+]. The van der Waals surface area contributed by atoms with E-state index in [1.807, 2.05) is 55.5 Å². The fourth-order valence-electron chi connectivity index (χ4n) is 5.16. The predicted octanol–water partition coefficient (Wildman–Crippen LogP) is 6.85. The number of nitrogens with one attached hydrogen (secondary N) is 2. The normalized spacial score (nSPS) is 10.8. The molecule has 0 atom stereocenters. The Morgan fingerprint density at radius 1 is 0.717 bits per heavy atom. The van der Waals surface area contributed by atoms with Crippen molar-refractivity contribution in [2.75, 3.05) is 17.2 Å². The Hall–Kier alpha value is -6.16. The maximum atomic E-state index is 15.3. The molecular formula is C39H29F4LiN4O5. The van der Waals surface area contributed by atoms with Gasteiger partial charge in [0.2, 0.25) is 0 Å². The van der Waals surface area contributed by atoms with Gasteiger partial charge in [0.05, 0.1) is 29.7 Å². The van der Waals surface area contributed by atoms with Crippen LogP contribution in [0.15, 0.2) is 128 Å². The molecule has 2 N–H and O–H groups in total. The maximum absolute atomic E-state index is 15.3. The molecule has 6 aromatic rings. The molecule has 264 valence electrons. The molecule has 9 nitrogen and oxygen atoms in total. The number of hydrogen-bond donors (Lipinski definition) is 2. The molecule has 0 aliphatic heterocycles. The third-order valence-corrected chi connectivity index (χ3v) is 7.52. The van der Waals surface area contributed by atoms with E-state index in [2.05, 4.69) is 25.3 Å². The van der Waals surface area contributed by atoms with Crippen molar-refractivity contribution < 1.29 is 61.6 Å². The number of nitrogens with zero attached hydrogens (tertiary/aromatic N) is 2. The molecule has 0 saturated heterocycles. The van der Waals surface area contributed by atoms with Crippen LogP contribution >= 0.6 is 0 Å². The van der Waals surface area contributed by atoms with Crippen LogP contribution in [0.25, 0.3) is 22.3 Å². The molecule has 53 heavy (non-hydrogen) atoms. The van der Waals surface area contributed by atoms with Crippen LogP contribution < -0.4 is 39.0 Å². The van der Waals surface area contributed by atoms with Gasteiger partial charge in [-0.15, -0.1) is 13.2 Å². The van der Waals surface area contributed by atoms with Gasteiger partial charge in [-0.2, -0.15) is 0 Å². The Balaban J connectivity index is 0.00000325. The van der Waals surface area contributed by atoms with Crippen LogP contribution in [0.2, 0.25) is 0 Å². The fourth-order valence-corrected chi connectivity index (χ4v) is 5.16. The molecule has 6 rings (SSSR count). The van der Waals surface area contributed by atoms with Crippen LogP contribution in [0.1, 0.15) is 29.1 Å². The Labute approximate surface area is 314 Å². The first-order chi connectivity index (χ1) is 25.1. The van der Waals surface area contributed by atoms with E-state index in [-0.39, 0.29) is 59.7 Å². The number of benzene rings is 4. The van der Waals surface area contributed by atoms with Crippen molar-refractivity contribution in [1.29, 1.82) is 0 Å². The number of ether oxygens (including phenoxy) is 3. The summed E-state index contributed by atoms with van der Waals surface area (Å²) in [5.74, 6) is -2.35. The summed E-state index contributed by atoms with van der Waals surface area (Å²) < 4.78 is 68.0. The van der Waals surface area contributed by atoms with Gasteiger partial charge in [0.25, 0.3) is 0 Å². The first-order valence-electron chi connectivity index (χ1n) is 15.7. The monoisotopic (exact) mass is 716 g/mol. The van der Waals surface area contributed by atoms with E-state index >= 15 is 4.39 Å². The number of anilines is 4. The molecule has 0 fully saturated rings. The Morgan fingerprint density at radius 3 is 2.09 bits per heavy atom. The summed E-state index contributed by atoms with van der Waals surface area (Å²) in [5, 5.41) is 5.86. The quantitative estimate of drug-likeness (QED) is 0.0644. The zero-order valence-electron chi connectivity index (χ0n) is 29.3. The van der Waals surface area contributed by atoms with Crippen LogP contribution in [-0.4, -0.2) is 34.9 Å². The van der Waals surface area contributed by atoms with E-state index in [0.717, 1.165) is 35.1 Å². The minimum Gasteiger partial charge on any atom is -1.00 e. The fraction of sp³-hybridized carbons (Fsp3) is 0.0769. The van der Waals surface area contributed by atoms with Crippen LogP contribution in [0.4, 0.5) is 40.4 Å². The molecule has 0 bridgehead atoms. The molecule has 0 radical (unpaired) electrons. The largest absolute Gasteiger partial charge is 1.00 e. The van der Waals surface area contributed by atoms with Gasteiger partial charge in [-0.3, -0.25) is 4.98 Å². The van der Waals surface area contributed by atoms with Gasteiger partial charge in [0, 0.05) is 18.1 Å². The number of esters is 2. The predicted molar refractivity (Wildman–Crippen MR) is 187 cm³/mol. The number of halogens is 4. The smallest absolute Gasteiger partial charge is 1.00 e. The summed E-state index contributed by atoms with van der Waals surface area (Å²) in [7, 11) is 0. The van der Waals surface area contributed by atoms with Gasteiger partial charge < -0.3 is 26.3 Å². The Bertz CT molecular complexity index is 2240. The van der Waals surface area contributed by atoms with Crippen molar-refractivity contribution in [2.45, 2.75) is 13.3 Å². The van der Waals surface area contributed by atoms with Crippen molar-refractivity contribution in [1.82, 2.24) is 9.97 Å². The second-order valence-corrected chi connectivity index (χ2v) is 11.1. The first-order valence-corrected chi connectivity index (χ1v) is 15.7. The van der Waals surface area contributed by atoms with Gasteiger partial charge in [-0.05, 0) is 95.9 Å². The maximum Gasteiger partial charge on any atom is 1.00 e. The van der Waals surface area contributed by atoms with E-state index < -0.39 is 29.9 Å². The van der Waals surface area contributed by atoms with E-state index in [1.165, 1.54) is 61.1 Å². The number of aromatic nitrogens is 2. The first kappa shape index (κ1) is 38.1. The van der Waals surface area contributed by atoms with Crippen LogP contribution in [0.3, 0.4) is 0 Å². The molecule has 0 aliphatic carbocycles. The second kappa shape index (κ2) is 16.9. The van der Waals surface area contributed by atoms with Crippen molar-refractivity contribution in [3.8, 4) is 33.8 Å². The average Bonchev–Trinajstić information content (AvgIpc) is 3.13. The molecule has 2 heterocycles. The molecule has 4 aromatic carbocycles. The summed E-state index contributed by atoms with van der Waals surface area (Å²) in [6, 6.07) is 28.4. The summed E-state index contributed by atoms with van der Waals surface area (Å²) in [5.41, 5.74) is 2.91. The Kier molecular flexibility index (Phi) is 12.1. The second-order valence-electron chi connectivity index (χ2n) is 11.1. The minimum absolute atomic E-state index is 0. The number of pyridine rings is 2. The van der Waals surface area contributed by atoms with E-state index in [9.17, 15) is 22.8 Å². The molecule has 0 aliphatic rings. The topological polar surface area (TPSA) is 112 Å². The van der Waals surface area contributed by atoms with Crippen molar-refractivity contribution >= 4 is 34.8 Å². The zero-order chi connectivity index (χ0) is 36.7. The van der Waals surface area contributed by atoms with Crippen LogP contribution in [0.5, 0.6) is 11.5 Å². The van der Waals surface area contributed by atoms with Gasteiger partial charge in [0.1, 0.15) is 28.7 Å². The van der Waals surface area contributed by atoms with Gasteiger partial charge >= 0.3 is 37.2 Å². The third kappa shape index (κ3) is 9.79. The average molecular weight is 717 g/mol. The molecule has 14 heteroatoms.